The van der Waals surface area contributed by atoms with E-state index in [2.05, 4.69) is 26.3 Å². The van der Waals surface area contributed by atoms with Crippen LogP contribution in [0, 0.1) is 0 Å². The van der Waals surface area contributed by atoms with Gasteiger partial charge in [0.25, 0.3) is 0 Å². The normalized spacial score (nSPS) is 12.1. The molecular formula is C13H14BrN3O2. The number of phenolic OH excluding ortho intramolecular Hbond substituents is 1. The highest BCUT2D eigenvalue weighted by Crippen LogP contribution is 2.19. The van der Waals surface area contributed by atoms with Crippen LogP contribution in [0.2, 0.25) is 0 Å². The van der Waals surface area contributed by atoms with Gasteiger partial charge in [0.1, 0.15) is 11.8 Å². The van der Waals surface area contributed by atoms with E-state index in [0.717, 1.165) is 4.47 Å². The molecule has 100 valence electrons. The molecule has 1 aromatic carbocycles. The molecule has 6 heteroatoms. The summed E-state index contributed by atoms with van der Waals surface area (Å²) in [7, 11) is 0. The van der Waals surface area contributed by atoms with E-state index >= 15 is 0 Å². The van der Waals surface area contributed by atoms with Crippen LogP contribution in [0.5, 0.6) is 5.75 Å². The number of aromatic hydroxyl groups is 1. The number of nitrogens with zero attached hydrogens (tertiary/aromatic N) is 2. The van der Waals surface area contributed by atoms with E-state index in [9.17, 15) is 9.90 Å². The predicted molar refractivity (Wildman–Crippen MR) is 76.0 cm³/mol. The highest BCUT2D eigenvalue weighted by Gasteiger charge is 2.19. The van der Waals surface area contributed by atoms with Gasteiger partial charge in [0.15, 0.2) is 0 Å². The van der Waals surface area contributed by atoms with Gasteiger partial charge >= 0.3 is 0 Å². The van der Waals surface area contributed by atoms with E-state index in [1.165, 1.54) is 6.07 Å². The summed E-state index contributed by atoms with van der Waals surface area (Å²) < 4.78 is 2.44. The van der Waals surface area contributed by atoms with E-state index in [1.807, 2.05) is 6.92 Å². The molecule has 2 N–H and O–H groups in total. The first-order valence-corrected chi connectivity index (χ1v) is 6.69. The van der Waals surface area contributed by atoms with Crippen molar-refractivity contribution in [2.24, 2.45) is 0 Å². The topological polar surface area (TPSA) is 67.2 Å². The van der Waals surface area contributed by atoms with Gasteiger partial charge in [0.2, 0.25) is 5.91 Å². The number of carbonyl (C=O) groups excluding carboxylic acids is 1. The van der Waals surface area contributed by atoms with Crippen LogP contribution in [-0.2, 0) is 4.79 Å². The van der Waals surface area contributed by atoms with Crippen LogP contribution in [0.15, 0.2) is 41.1 Å². The van der Waals surface area contributed by atoms with Crippen LogP contribution in [0.25, 0.3) is 0 Å². The van der Waals surface area contributed by atoms with Crippen molar-refractivity contribution in [3.63, 3.8) is 0 Å². The van der Waals surface area contributed by atoms with Gasteiger partial charge in [-0.05, 0) is 34.5 Å². The minimum absolute atomic E-state index is 0.118. The Kier molecular flexibility index (Phi) is 4.21. The summed E-state index contributed by atoms with van der Waals surface area (Å²) >= 11 is 3.31. The first kappa shape index (κ1) is 13.6. The molecule has 0 aliphatic rings. The van der Waals surface area contributed by atoms with E-state index in [-0.39, 0.29) is 17.7 Å². The highest BCUT2D eigenvalue weighted by molar-refractivity contribution is 9.10. The maximum Gasteiger partial charge on any atom is 0.249 e. The van der Waals surface area contributed by atoms with Gasteiger partial charge in [-0.2, -0.15) is 5.10 Å². The molecule has 2 aromatic rings. The fraction of sp³-hybridized carbons (Fsp3) is 0.231. The van der Waals surface area contributed by atoms with Gasteiger partial charge in [-0.3, -0.25) is 9.48 Å². The van der Waals surface area contributed by atoms with E-state index in [1.54, 1.807) is 35.3 Å². The maximum atomic E-state index is 12.2. The second kappa shape index (κ2) is 5.88. The smallest absolute Gasteiger partial charge is 0.249 e. The highest BCUT2D eigenvalue weighted by atomic mass is 79.9. The first-order valence-electron chi connectivity index (χ1n) is 5.89. The lowest BCUT2D eigenvalue weighted by atomic mass is 10.2. The van der Waals surface area contributed by atoms with Crippen LogP contribution in [0.1, 0.15) is 19.4 Å². The minimum Gasteiger partial charge on any atom is -0.508 e. The number of nitrogens with one attached hydrogen (secondary N) is 1. The van der Waals surface area contributed by atoms with Crippen molar-refractivity contribution < 1.29 is 9.90 Å². The number of phenols is 1. The van der Waals surface area contributed by atoms with E-state index in [4.69, 9.17) is 0 Å². The Morgan fingerprint density at radius 3 is 2.95 bits per heavy atom. The standard InChI is InChI=1S/C13H14BrN3O2/c1-2-12(17-8-9(14)7-15-17)13(19)16-10-4-3-5-11(18)6-10/h3-8,12,18H,2H2,1H3,(H,16,19). The molecule has 0 saturated carbocycles. The van der Waals surface area contributed by atoms with Crippen molar-refractivity contribution in [1.29, 1.82) is 0 Å². The Morgan fingerprint density at radius 1 is 1.58 bits per heavy atom. The summed E-state index contributed by atoms with van der Waals surface area (Å²) in [6, 6.07) is 6.08. The number of hydrogen-bond acceptors (Lipinski definition) is 3. The van der Waals surface area contributed by atoms with Crippen LogP contribution < -0.4 is 5.32 Å². The number of amides is 1. The van der Waals surface area contributed by atoms with Crippen molar-refractivity contribution in [2.45, 2.75) is 19.4 Å². The summed E-state index contributed by atoms with van der Waals surface area (Å²) in [5.74, 6) is -0.0450. The number of carbonyl (C=O) groups is 1. The summed E-state index contributed by atoms with van der Waals surface area (Å²) in [6.45, 7) is 1.92. The number of halogens is 1. The minimum atomic E-state index is -0.381. The number of rotatable bonds is 4. The fourth-order valence-corrected chi connectivity index (χ4v) is 2.09. The molecule has 2 rings (SSSR count). The molecule has 1 amide bonds. The summed E-state index contributed by atoms with van der Waals surface area (Å²) in [5.41, 5.74) is 0.565. The zero-order valence-corrected chi connectivity index (χ0v) is 12.0. The predicted octanol–water partition coefficient (Wildman–Crippen LogP) is 2.94. The molecule has 0 saturated heterocycles. The average Bonchev–Trinajstić information content (AvgIpc) is 2.76. The third kappa shape index (κ3) is 3.35. The SMILES string of the molecule is CCC(C(=O)Nc1cccc(O)c1)n1cc(Br)cn1. The Hall–Kier alpha value is -1.82. The van der Waals surface area contributed by atoms with Crippen molar-refractivity contribution in [3.05, 3.63) is 41.1 Å². The zero-order chi connectivity index (χ0) is 13.8. The lowest BCUT2D eigenvalue weighted by molar-refractivity contribution is -0.119. The Labute approximate surface area is 119 Å². The maximum absolute atomic E-state index is 12.2. The number of benzene rings is 1. The quantitative estimate of drug-likeness (QED) is 0.909. The van der Waals surface area contributed by atoms with E-state index < -0.39 is 0 Å². The van der Waals surface area contributed by atoms with Crippen LogP contribution in [0.3, 0.4) is 0 Å². The van der Waals surface area contributed by atoms with Gasteiger partial charge in [-0.25, -0.2) is 0 Å². The molecule has 0 bridgehead atoms. The molecule has 1 aromatic heterocycles. The van der Waals surface area contributed by atoms with Crippen LogP contribution in [-0.4, -0.2) is 20.8 Å². The molecule has 5 nitrogen and oxygen atoms in total. The van der Waals surface area contributed by atoms with Crippen molar-refractivity contribution >= 4 is 27.5 Å². The molecule has 1 atom stereocenters. The average molecular weight is 324 g/mol. The largest absolute Gasteiger partial charge is 0.508 e. The second-order valence-corrected chi connectivity index (χ2v) is 5.02. The molecule has 19 heavy (non-hydrogen) atoms. The fourth-order valence-electron chi connectivity index (χ4n) is 1.79. The molecule has 0 fully saturated rings. The second-order valence-electron chi connectivity index (χ2n) is 4.10. The Morgan fingerprint density at radius 2 is 2.37 bits per heavy atom. The molecule has 1 unspecified atom stereocenters. The molecule has 0 radical (unpaired) electrons. The number of anilines is 1. The van der Waals surface area contributed by atoms with Crippen molar-refractivity contribution in [1.82, 2.24) is 9.78 Å². The molecule has 0 spiro atoms. The van der Waals surface area contributed by atoms with Gasteiger partial charge < -0.3 is 10.4 Å². The summed E-state index contributed by atoms with van der Waals surface area (Å²) in [6.07, 6.45) is 4.03. The monoisotopic (exact) mass is 323 g/mol. The number of hydrogen-bond donors (Lipinski definition) is 2. The molecule has 0 aliphatic heterocycles. The van der Waals surface area contributed by atoms with Gasteiger partial charge in [-0.1, -0.05) is 13.0 Å². The zero-order valence-electron chi connectivity index (χ0n) is 10.4. The lowest BCUT2D eigenvalue weighted by Gasteiger charge is -2.15. The molecule has 0 aliphatic carbocycles. The van der Waals surface area contributed by atoms with E-state index in [0.29, 0.717) is 12.1 Å². The third-order valence-corrected chi connectivity index (χ3v) is 3.10. The van der Waals surface area contributed by atoms with Crippen LogP contribution >= 0.6 is 15.9 Å². The van der Waals surface area contributed by atoms with Gasteiger partial charge in [0, 0.05) is 18.0 Å². The summed E-state index contributed by atoms with van der Waals surface area (Å²) in [5, 5.41) is 16.3. The Bertz CT molecular complexity index is 583. The Balaban J connectivity index is 2.13. The van der Waals surface area contributed by atoms with Crippen molar-refractivity contribution in [3.8, 4) is 5.75 Å². The van der Waals surface area contributed by atoms with Crippen LogP contribution in [0.4, 0.5) is 5.69 Å². The molecule has 1 heterocycles. The summed E-state index contributed by atoms with van der Waals surface area (Å²) in [4.78, 5) is 12.2. The number of aromatic nitrogens is 2. The van der Waals surface area contributed by atoms with Gasteiger partial charge in [-0.15, -0.1) is 0 Å². The molecular weight excluding hydrogens is 310 g/mol. The lowest BCUT2D eigenvalue weighted by Crippen LogP contribution is -2.25. The third-order valence-electron chi connectivity index (χ3n) is 2.69. The van der Waals surface area contributed by atoms with Crippen molar-refractivity contribution in [2.75, 3.05) is 5.32 Å². The van der Waals surface area contributed by atoms with Gasteiger partial charge in [0.05, 0.1) is 10.7 Å². The first-order chi connectivity index (χ1) is 9.10.